The zero-order chi connectivity index (χ0) is 10.8. The summed E-state index contributed by atoms with van der Waals surface area (Å²) in [6.45, 7) is 0.900. The molecule has 0 heterocycles. The van der Waals surface area contributed by atoms with Gasteiger partial charge in [-0.05, 0) is 12.8 Å². The number of carboxylic acid groups (broad SMARTS) is 1. The number of aliphatic hydroxyl groups is 1. The summed E-state index contributed by atoms with van der Waals surface area (Å²) in [5.41, 5.74) is 0. The number of unbranched alkanes of at least 4 members (excludes halogenated alkanes) is 5. The molecule has 0 spiro atoms. The van der Waals surface area contributed by atoms with Gasteiger partial charge in [0, 0.05) is 20.2 Å². The fourth-order valence-corrected chi connectivity index (χ4v) is 1.26. The second-order valence-corrected chi connectivity index (χ2v) is 3.55. The third-order valence-corrected chi connectivity index (χ3v) is 2.23. The average Bonchev–Trinajstić information content (AvgIpc) is 2.16. The van der Waals surface area contributed by atoms with E-state index in [0.717, 1.165) is 38.5 Å². The Morgan fingerprint density at radius 2 is 1.57 bits per heavy atom. The molecular formula is C10H21NO3. The second-order valence-electron chi connectivity index (χ2n) is 3.55. The summed E-state index contributed by atoms with van der Waals surface area (Å²) >= 11 is 0. The van der Waals surface area contributed by atoms with Crippen LogP contribution in [0.15, 0.2) is 0 Å². The van der Waals surface area contributed by atoms with Crippen LogP contribution in [0.4, 0.5) is 4.79 Å². The highest BCUT2D eigenvalue weighted by Crippen LogP contribution is 2.05. The fourth-order valence-electron chi connectivity index (χ4n) is 1.26. The van der Waals surface area contributed by atoms with Gasteiger partial charge in [-0.25, -0.2) is 4.79 Å². The molecule has 0 aromatic rings. The first kappa shape index (κ1) is 13.2. The van der Waals surface area contributed by atoms with Crippen LogP contribution >= 0.6 is 0 Å². The van der Waals surface area contributed by atoms with E-state index in [1.807, 2.05) is 0 Å². The van der Waals surface area contributed by atoms with Gasteiger partial charge in [0.1, 0.15) is 0 Å². The van der Waals surface area contributed by atoms with Crippen molar-refractivity contribution in [2.45, 2.75) is 38.5 Å². The first-order chi connectivity index (χ1) is 6.68. The zero-order valence-corrected chi connectivity index (χ0v) is 8.91. The Labute approximate surface area is 85.5 Å². The Balaban J connectivity index is 3.09. The van der Waals surface area contributed by atoms with Crippen molar-refractivity contribution < 1.29 is 15.0 Å². The number of hydrogen-bond acceptors (Lipinski definition) is 2. The summed E-state index contributed by atoms with van der Waals surface area (Å²) < 4.78 is 0. The number of amides is 1. The minimum absolute atomic E-state index is 0.280. The van der Waals surface area contributed by atoms with Crippen LogP contribution in [-0.4, -0.2) is 41.4 Å². The van der Waals surface area contributed by atoms with Crippen molar-refractivity contribution in [3.63, 3.8) is 0 Å². The Bertz CT molecular complexity index is 150. The molecule has 14 heavy (non-hydrogen) atoms. The molecule has 0 aliphatic carbocycles. The van der Waals surface area contributed by atoms with Crippen LogP contribution in [0.25, 0.3) is 0 Å². The molecule has 4 nitrogen and oxygen atoms in total. The standard InChI is InChI=1S/C10H21NO3/c1-11(10(13)14)8-6-4-2-3-5-7-9-12/h12H,2-9H2,1H3,(H,13,14). The Kier molecular flexibility index (Phi) is 8.33. The molecule has 0 aromatic carbocycles. The summed E-state index contributed by atoms with van der Waals surface area (Å²) in [5, 5.41) is 17.1. The van der Waals surface area contributed by atoms with Gasteiger partial charge in [-0.1, -0.05) is 25.7 Å². The maximum absolute atomic E-state index is 10.4. The minimum Gasteiger partial charge on any atom is -0.465 e. The second kappa shape index (κ2) is 8.81. The lowest BCUT2D eigenvalue weighted by Crippen LogP contribution is -2.25. The number of rotatable bonds is 8. The van der Waals surface area contributed by atoms with Gasteiger partial charge in [0.15, 0.2) is 0 Å². The van der Waals surface area contributed by atoms with E-state index < -0.39 is 6.09 Å². The van der Waals surface area contributed by atoms with E-state index in [0.29, 0.717) is 6.54 Å². The molecule has 0 saturated carbocycles. The summed E-state index contributed by atoms with van der Waals surface area (Å²) in [6.07, 6.45) is 5.38. The molecule has 0 fully saturated rings. The molecule has 0 aliphatic rings. The normalized spacial score (nSPS) is 10.1. The molecule has 0 unspecified atom stereocenters. The van der Waals surface area contributed by atoms with Crippen molar-refractivity contribution in [1.82, 2.24) is 4.90 Å². The Morgan fingerprint density at radius 3 is 2.07 bits per heavy atom. The van der Waals surface area contributed by atoms with E-state index in [4.69, 9.17) is 10.2 Å². The van der Waals surface area contributed by atoms with Crippen LogP contribution in [0, 0.1) is 0 Å². The van der Waals surface area contributed by atoms with Crippen LogP contribution in [0.2, 0.25) is 0 Å². The summed E-state index contributed by atoms with van der Waals surface area (Å²) in [4.78, 5) is 11.7. The highest BCUT2D eigenvalue weighted by Gasteiger charge is 2.03. The van der Waals surface area contributed by atoms with Crippen LogP contribution in [-0.2, 0) is 0 Å². The highest BCUT2D eigenvalue weighted by molar-refractivity contribution is 5.64. The third-order valence-electron chi connectivity index (χ3n) is 2.23. The van der Waals surface area contributed by atoms with Crippen LogP contribution in [0.3, 0.4) is 0 Å². The molecule has 84 valence electrons. The van der Waals surface area contributed by atoms with E-state index >= 15 is 0 Å². The van der Waals surface area contributed by atoms with Crippen molar-refractivity contribution in [3.8, 4) is 0 Å². The van der Waals surface area contributed by atoms with Crippen molar-refractivity contribution >= 4 is 6.09 Å². The SMILES string of the molecule is CN(CCCCCCCCO)C(=O)O. The Morgan fingerprint density at radius 1 is 1.07 bits per heavy atom. The van der Waals surface area contributed by atoms with Gasteiger partial charge < -0.3 is 15.1 Å². The topological polar surface area (TPSA) is 60.8 Å². The van der Waals surface area contributed by atoms with Gasteiger partial charge in [0.2, 0.25) is 0 Å². The molecular weight excluding hydrogens is 182 g/mol. The van der Waals surface area contributed by atoms with Crippen molar-refractivity contribution in [2.75, 3.05) is 20.2 Å². The van der Waals surface area contributed by atoms with Crippen molar-refractivity contribution in [1.29, 1.82) is 0 Å². The van der Waals surface area contributed by atoms with E-state index in [1.165, 1.54) is 4.90 Å². The highest BCUT2D eigenvalue weighted by atomic mass is 16.4. The zero-order valence-electron chi connectivity index (χ0n) is 8.91. The quantitative estimate of drug-likeness (QED) is 0.592. The molecule has 2 N–H and O–H groups in total. The van der Waals surface area contributed by atoms with E-state index in [1.54, 1.807) is 7.05 Å². The maximum Gasteiger partial charge on any atom is 0.407 e. The number of carbonyl (C=O) groups is 1. The number of aliphatic hydroxyl groups excluding tert-OH is 1. The van der Waals surface area contributed by atoms with E-state index in [-0.39, 0.29) is 6.61 Å². The van der Waals surface area contributed by atoms with Gasteiger partial charge in [0.05, 0.1) is 0 Å². The predicted octanol–water partition coefficient (Wildman–Crippen LogP) is 1.93. The smallest absolute Gasteiger partial charge is 0.407 e. The molecule has 0 saturated heterocycles. The molecule has 0 aromatic heterocycles. The van der Waals surface area contributed by atoms with E-state index in [9.17, 15) is 4.79 Å². The van der Waals surface area contributed by atoms with Crippen molar-refractivity contribution in [2.24, 2.45) is 0 Å². The number of nitrogens with zero attached hydrogens (tertiary/aromatic N) is 1. The molecule has 0 bridgehead atoms. The molecule has 0 atom stereocenters. The molecule has 0 radical (unpaired) electrons. The fraction of sp³-hybridized carbons (Fsp3) is 0.900. The van der Waals surface area contributed by atoms with Gasteiger partial charge in [-0.15, -0.1) is 0 Å². The molecule has 0 rings (SSSR count). The lowest BCUT2D eigenvalue weighted by molar-refractivity contribution is 0.155. The van der Waals surface area contributed by atoms with Gasteiger partial charge >= 0.3 is 6.09 Å². The van der Waals surface area contributed by atoms with Gasteiger partial charge in [-0.2, -0.15) is 0 Å². The van der Waals surface area contributed by atoms with Crippen LogP contribution in [0.5, 0.6) is 0 Å². The minimum atomic E-state index is -0.856. The van der Waals surface area contributed by atoms with Crippen LogP contribution in [0.1, 0.15) is 38.5 Å². The lowest BCUT2D eigenvalue weighted by Gasteiger charge is -2.11. The molecule has 1 amide bonds. The third kappa shape index (κ3) is 7.86. The lowest BCUT2D eigenvalue weighted by atomic mass is 10.1. The van der Waals surface area contributed by atoms with E-state index in [2.05, 4.69) is 0 Å². The monoisotopic (exact) mass is 203 g/mol. The molecule has 4 heteroatoms. The average molecular weight is 203 g/mol. The molecule has 0 aliphatic heterocycles. The maximum atomic E-state index is 10.4. The predicted molar refractivity (Wildman–Crippen MR) is 55.4 cm³/mol. The summed E-state index contributed by atoms with van der Waals surface area (Å²) in [6, 6.07) is 0. The number of hydrogen-bond donors (Lipinski definition) is 2. The first-order valence-electron chi connectivity index (χ1n) is 5.23. The summed E-state index contributed by atoms with van der Waals surface area (Å²) in [7, 11) is 1.59. The summed E-state index contributed by atoms with van der Waals surface area (Å²) in [5.74, 6) is 0. The largest absolute Gasteiger partial charge is 0.465 e. The van der Waals surface area contributed by atoms with Gasteiger partial charge in [0.25, 0.3) is 0 Å². The first-order valence-corrected chi connectivity index (χ1v) is 5.23. The van der Waals surface area contributed by atoms with Crippen molar-refractivity contribution in [3.05, 3.63) is 0 Å². The Hall–Kier alpha value is -0.770. The van der Waals surface area contributed by atoms with Crippen LogP contribution < -0.4 is 0 Å². The van der Waals surface area contributed by atoms with Gasteiger partial charge in [-0.3, -0.25) is 0 Å².